The lowest BCUT2D eigenvalue weighted by molar-refractivity contribution is 0.566. The highest BCUT2D eigenvalue weighted by molar-refractivity contribution is 7.90. The monoisotopic (exact) mass is 391 g/mol. The quantitative estimate of drug-likeness (QED) is 0.849. The van der Waals surface area contributed by atoms with E-state index in [-0.39, 0.29) is 14.8 Å². The minimum absolute atomic E-state index is 0.145. The van der Waals surface area contributed by atoms with Gasteiger partial charge in [0, 0.05) is 12.3 Å². The van der Waals surface area contributed by atoms with Crippen LogP contribution in [0.1, 0.15) is 18.5 Å². The van der Waals surface area contributed by atoms with Crippen molar-refractivity contribution in [2.45, 2.75) is 22.8 Å². The van der Waals surface area contributed by atoms with Crippen LogP contribution in [0.4, 0.5) is 4.39 Å². The van der Waals surface area contributed by atoms with Crippen LogP contribution in [0.25, 0.3) is 0 Å². The van der Waals surface area contributed by atoms with Gasteiger partial charge in [-0.2, -0.15) is 0 Å². The van der Waals surface area contributed by atoms with Crippen molar-refractivity contribution in [3.8, 4) is 0 Å². The van der Waals surface area contributed by atoms with Gasteiger partial charge >= 0.3 is 0 Å². The maximum absolute atomic E-state index is 13.2. The summed E-state index contributed by atoms with van der Waals surface area (Å²) in [5.74, 6) is -0.708. The van der Waals surface area contributed by atoms with Gasteiger partial charge in [0.2, 0.25) is 10.0 Å². The summed E-state index contributed by atoms with van der Waals surface area (Å²) in [5, 5.41) is -0.289. The van der Waals surface area contributed by atoms with E-state index in [2.05, 4.69) is 4.72 Å². The number of rotatable bonds is 5. The van der Waals surface area contributed by atoms with Gasteiger partial charge in [-0.15, -0.1) is 0 Å². The molecule has 0 amide bonds. The van der Waals surface area contributed by atoms with E-state index >= 15 is 0 Å². The van der Waals surface area contributed by atoms with Gasteiger partial charge in [0.15, 0.2) is 9.84 Å². The van der Waals surface area contributed by atoms with E-state index in [1.165, 1.54) is 24.3 Å². The average Bonchev–Trinajstić information content (AvgIpc) is 2.48. The van der Waals surface area contributed by atoms with Gasteiger partial charge < -0.3 is 0 Å². The second kappa shape index (κ2) is 6.79. The first-order chi connectivity index (χ1) is 11.0. The van der Waals surface area contributed by atoms with Gasteiger partial charge in [-0.25, -0.2) is 25.9 Å². The van der Waals surface area contributed by atoms with Crippen LogP contribution in [0.15, 0.2) is 52.3 Å². The summed E-state index contributed by atoms with van der Waals surface area (Å²) in [7, 11) is -7.23. The lowest BCUT2D eigenvalue weighted by Crippen LogP contribution is -2.27. The minimum Gasteiger partial charge on any atom is -0.224 e. The Labute approximate surface area is 145 Å². The Hall–Kier alpha value is -1.48. The SMILES string of the molecule is CC(NS(=O)(=O)c1ccc(F)c(Cl)c1)c1ccc(S(C)(=O)=O)cc1. The summed E-state index contributed by atoms with van der Waals surface area (Å²) in [6.45, 7) is 1.61. The lowest BCUT2D eigenvalue weighted by atomic mass is 10.1. The van der Waals surface area contributed by atoms with E-state index in [1.54, 1.807) is 6.92 Å². The first-order valence-corrected chi connectivity index (χ1v) is 10.5. The molecule has 0 saturated heterocycles. The number of halogens is 2. The Balaban J connectivity index is 2.24. The van der Waals surface area contributed by atoms with Gasteiger partial charge in [0.1, 0.15) is 5.82 Å². The molecule has 2 aromatic carbocycles. The Morgan fingerprint density at radius 3 is 2.04 bits per heavy atom. The molecule has 2 rings (SSSR count). The van der Waals surface area contributed by atoms with Crippen LogP contribution in [0, 0.1) is 5.82 Å². The zero-order chi connectivity index (χ0) is 18.1. The molecule has 0 aliphatic carbocycles. The topological polar surface area (TPSA) is 80.3 Å². The third kappa shape index (κ3) is 4.32. The van der Waals surface area contributed by atoms with Crippen molar-refractivity contribution >= 4 is 31.5 Å². The van der Waals surface area contributed by atoms with Crippen LogP contribution in [-0.4, -0.2) is 23.1 Å². The molecule has 1 N–H and O–H groups in total. The summed E-state index contributed by atoms with van der Waals surface area (Å²) in [6, 6.07) is 8.37. The van der Waals surface area contributed by atoms with E-state index in [4.69, 9.17) is 11.6 Å². The molecule has 5 nitrogen and oxygen atoms in total. The molecule has 0 aliphatic rings. The van der Waals surface area contributed by atoms with Gasteiger partial charge in [0.05, 0.1) is 14.8 Å². The molecule has 0 fully saturated rings. The molecule has 9 heteroatoms. The maximum atomic E-state index is 13.2. The first kappa shape index (κ1) is 18.9. The normalized spacial score (nSPS) is 13.7. The van der Waals surface area contributed by atoms with E-state index in [0.29, 0.717) is 5.56 Å². The number of nitrogens with one attached hydrogen (secondary N) is 1. The summed E-state index contributed by atoms with van der Waals surface area (Å²) in [6.07, 6.45) is 1.09. The molecule has 0 heterocycles. The molecule has 1 unspecified atom stereocenters. The van der Waals surface area contributed by atoms with Crippen molar-refractivity contribution in [2.24, 2.45) is 0 Å². The van der Waals surface area contributed by atoms with Crippen LogP contribution in [0.5, 0.6) is 0 Å². The Bertz CT molecular complexity index is 957. The molecule has 2 aromatic rings. The fraction of sp³-hybridized carbons (Fsp3) is 0.200. The molecule has 24 heavy (non-hydrogen) atoms. The highest BCUT2D eigenvalue weighted by Gasteiger charge is 2.20. The molecule has 1 atom stereocenters. The molecule has 0 spiro atoms. The van der Waals surface area contributed by atoms with Gasteiger partial charge in [-0.3, -0.25) is 0 Å². The molecule has 0 aromatic heterocycles. The van der Waals surface area contributed by atoms with Crippen LogP contribution < -0.4 is 4.72 Å². The predicted molar refractivity (Wildman–Crippen MR) is 89.7 cm³/mol. The highest BCUT2D eigenvalue weighted by Crippen LogP contribution is 2.22. The second-order valence-electron chi connectivity index (χ2n) is 5.26. The average molecular weight is 392 g/mol. The molecule has 0 radical (unpaired) electrons. The van der Waals surface area contributed by atoms with E-state index in [0.717, 1.165) is 24.5 Å². The molecule has 130 valence electrons. The summed E-state index contributed by atoms with van der Waals surface area (Å²) in [4.78, 5) is -0.0138. The highest BCUT2D eigenvalue weighted by atomic mass is 35.5. The van der Waals surface area contributed by atoms with Gasteiger partial charge in [0.25, 0.3) is 0 Å². The Kier molecular flexibility index (Phi) is 5.34. The lowest BCUT2D eigenvalue weighted by Gasteiger charge is -2.15. The zero-order valence-electron chi connectivity index (χ0n) is 12.8. The number of sulfonamides is 1. The van der Waals surface area contributed by atoms with Crippen LogP contribution in [0.2, 0.25) is 5.02 Å². The summed E-state index contributed by atoms with van der Waals surface area (Å²) >= 11 is 5.61. The van der Waals surface area contributed by atoms with Crippen molar-refractivity contribution in [1.29, 1.82) is 0 Å². The summed E-state index contributed by atoms with van der Waals surface area (Å²) < 4.78 is 63.1. The van der Waals surface area contributed by atoms with Gasteiger partial charge in [-0.05, 0) is 42.8 Å². The van der Waals surface area contributed by atoms with Crippen molar-refractivity contribution in [3.05, 3.63) is 58.9 Å². The third-order valence-corrected chi connectivity index (χ3v) is 6.30. The minimum atomic E-state index is -3.90. The smallest absolute Gasteiger partial charge is 0.224 e. The predicted octanol–water partition coefficient (Wildman–Crippen LogP) is 2.92. The van der Waals surface area contributed by atoms with E-state index in [9.17, 15) is 21.2 Å². The maximum Gasteiger partial charge on any atom is 0.241 e. The number of hydrogen-bond donors (Lipinski definition) is 1. The van der Waals surface area contributed by atoms with Gasteiger partial charge in [-0.1, -0.05) is 23.7 Å². The summed E-state index contributed by atoms with van der Waals surface area (Å²) in [5.41, 5.74) is 0.583. The second-order valence-corrected chi connectivity index (χ2v) is 9.40. The first-order valence-electron chi connectivity index (χ1n) is 6.78. The van der Waals surface area contributed by atoms with Crippen molar-refractivity contribution < 1.29 is 21.2 Å². The van der Waals surface area contributed by atoms with Crippen LogP contribution in [-0.2, 0) is 19.9 Å². The number of benzene rings is 2. The standard InChI is InChI=1S/C15H15ClFNO4S2/c1-10(11-3-5-12(6-4-11)23(2,19)20)18-24(21,22)13-7-8-15(17)14(16)9-13/h3-10,18H,1-2H3. The molecule has 0 bridgehead atoms. The number of hydrogen-bond acceptors (Lipinski definition) is 4. The molecular formula is C15H15ClFNO4S2. The fourth-order valence-corrected chi connectivity index (χ4v) is 4.15. The third-order valence-electron chi connectivity index (χ3n) is 3.34. The van der Waals surface area contributed by atoms with Crippen LogP contribution in [0.3, 0.4) is 0 Å². The molecule has 0 aliphatic heterocycles. The largest absolute Gasteiger partial charge is 0.241 e. The zero-order valence-corrected chi connectivity index (χ0v) is 15.2. The fourth-order valence-electron chi connectivity index (χ4n) is 2.02. The Morgan fingerprint density at radius 2 is 1.54 bits per heavy atom. The Morgan fingerprint density at radius 1 is 1.00 bits per heavy atom. The van der Waals surface area contributed by atoms with Crippen molar-refractivity contribution in [2.75, 3.05) is 6.26 Å². The number of sulfone groups is 1. The molecular weight excluding hydrogens is 377 g/mol. The van der Waals surface area contributed by atoms with Crippen LogP contribution >= 0.6 is 11.6 Å². The van der Waals surface area contributed by atoms with E-state index in [1.807, 2.05) is 0 Å². The van der Waals surface area contributed by atoms with Crippen molar-refractivity contribution in [3.63, 3.8) is 0 Å². The van der Waals surface area contributed by atoms with E-state index < -0.39 is 31.7 Å². The molecule has 0 saturated carbocycles. The van der Waals surface area contributed by atoms with Crippen molar-refractivity contribution in [1.82, 2.24) is 4.72 Å².